The van der Waals surface area contributed by atoms with Gasteiger partial charge in [-0.2, -0.15) is 0 Å². The summed E-state index contributed by atoms with van der Waals surface area (Å²) in [5.41, 5.74) is 9.47. The van der Waals surface area contributed by atoms with E-state index in [-0.39, 0.29) is 11.8 Å². The molecule has 158 valence electrons. The number of hydrogen-bond acceptors (Lipinski definition) is 8. The quantitative estimate of drug-likeness (QED) is 0.564. The second-order valence-corrected chi connectivity index (χ2v) is 10.6. The maximum Gasteiger partial charge on any atom is 0.214 e. The minimum Gasteiger partial charge on any atom is -0.493 e. The number of nitrogens with zero attached hydrogens (tertiary/aromatic N) is 4. The molecule has 0 unspecified atom stereocenters. The van der Waals surface area contributed by atoms with Crippen LogP contribution in [-0.4, -0.2) is 46.3 Å². The summed E-state index contributed by atoms with van der Waals surface area (Å²) < 4.78 is 34.6. The van der Waals surface area contributed by atoms with Gasteiger partial charge in [0.2, 0.25) is 10.0 Å². The van der Waals surface area contributed by atoms with Crippen molar-refractivity contribution in [2.75, 3.05) is 18.9 Å². The van der Waals surface area contributed by atoms with E-state index in [1.165, 1.54) is 23.7 Å². The lowest BCUT2D eigenvalue weighted by Gasteiger charge is -2.11. The molecule has 0 spiro atoms. The number of ether oxygens (including phenoxy) is 1. The SMILES string of the molecule is Cc1cc2c(cc1Sc1nc3c(N)ncnc3n1CCNS(=O)(=O)C1CC1)OCC2. The fourth-order valence-electron chi connectivity index (χ4n) is 3.55. The van der Waals surface area contributed by atoms with Crippen LogP contribution < -0.4 is 15.2 Å². The smallest absolute Gasteiger partial charge is 0.214 e. The normalized spacial score (nSPS) is 16.0. The Labute approximate surface area is 178 Å². The van der Waals surface area contributed by atoms with Crippen LogP contribution in [0.25, 0.3) is 11.2 Å². The molecule has 30 heavy (non-hydrogen) atoms. The number of fused-ring (bicyclic) bond motifs is 2. The average Bonchev–Trinajstić information content (AvgIpc) is 3.39. The maximum absolute atomic E-state index is 12.2. The minimum absolute atomic E-state index is 0.252. The van der Waals surface area contributed by atoms with Crippen molar-refractivity contribution < 1.29 is 13.2 Å². The van der Waals surface area contributed by atoms with Gasteiger partial charge in [-0.1, -0.05) is 17.8 Å². The van der Waals surface area contributed by atoms with E-state index in [0.717, 1.165) is 35.5 Å². The fourth-order valence-corrected chi connectivity index (χ4v) is 5.92. The lowest BCUT2D eigenvalue weighted by Crippen LogP contribution is -2.30. The molecule has 1 aliphatic heterocycles. The zero-order chi connectivity index (χ0) is 20.9. The Bertz CT molecular complexity index is 1240. The molecule has 3 heterocycles. The highest BCUT2D eigenvalue weighted by Gasteiger charge is 2.35. The average molecular weight is 447 g/mol. The van der Waals surface area contributed by atoms with Gasteiger partial charge in [0, 0.05) is 24.4 Å². The highest BCUT2D eigenvalue weighted by Crippen LogP contribution is 2.37. The Kier molecular flexibility index (Phi) is 4.83. The molecule has 1 saturated carbocycles. The maximum atomic E-state index is 12.2. The summed E-state index contributed by atoms with van der Waals surface area (Å²) in [5, 5.41) is 0.432. The van der Waals surface area contributed by atoms with Gasteiger partial charge in [0.15, 0.2) is 22.1 Å². The summed E-state index contributed by atoms with van der Waals surface area (Å²) in [6.45, 7) is 3.41. The van der Waals surface area contributed by atoms with E-state index in [0.29, 0.717) is 35.3 Å². The molecule has 0 bridgehead atoms. The molecule has 3 aromatic rings. The molecule has 9 nitrogen and oxygen atoms in total. The minimum atomic E-state index is -3.25. The van der Waals surface area contributed by atoms with Crippen LogP contribution in [0, 0.1) is 6.92 Å². The predicted molar refractivity (Wildman–Crippen MR) is 114 cm³/mol. The number of imidazole rings is 1. The molecular formula is C19H22N6O3S2. The van der Waals surface area contributed by atoms with E-state index in [1.54, 1.807) is 0 Å². The molecule has 5 rings (SSSR count). The Morgan fingerprint density at radius 1 is 1.33 bits per heavy atom. The standard InChI is InChI=1S/C19H22N6O3S2/c1-11-8-12-4-7-28-14(12)9-15(11)29-19-24-16-17(20)21-10-22-18(16)25(19)6-5-23-30(26,27)13-2-3-13/h8-10,13,23H,2-7H2,1H3,(H2,20,21,22). The molecule has 0 saturated heterocycles. The Morgan fingerprint density at radius 3 is 2.97 bits per heavy atom. The van der Waals surface area contributed by atoms with Crippen LogP contribution >= 0.6 is 11.8 Å². The number of anilines is 1. The summed E-state index contributed by atoms with van der Waals surface area (Å²) in [7, 11) is -3.25. The van der Waals surface area contributed by atoms with E-state index in [9.17, 15) is 8.42 Å². The van der Waals surface area contributed by atoms with E-state index in [2.05, 4.69) is 32.7 Å². The van der Waals surface area contributed by atoms with Gasteiger partial charge in [-0.05, 0) is 37.0 Å². The van der Waals surface area contributed by atoms with Crippen molar-refractivity contribution in [3.63, 3.8) is 0 Å². The van der Waals surface area contributed by atoms with Gasteiger partial charge < -0.3 is 15.0 Å². The van der Waals surface area contributed by atoms with Crippen molar-refractivity contribution in [1.29, 1.82) is 0 Å². The third-order valence-electron chi connectivity index (χ3n) is 5.32. The van der Waals surface area contributed by atoms with E-state index in [4.69, 9.17) is 10.5 Å². The van der Waals surface area contributed by atoms with Crippen LogP contribution in [0.15, 0.2) is 28.5 Å². The van der Waals surface area contributed by atoms with Gasteiger partial charge in [-0.25, -0.2) is 28.1 Å². The molecule has 0 amide bonds. The summed E-state index contributed by atoms with van der Waals surface area (Å²) in [6.07, 6.45) is 3.78. The van der Waals surface area contributed by atoms with Crippen LogP contribution in [0.4, 0.5) is 5.82 Å². The number of benzene rings is 1. The summed E-state index contributed by atoms with van der Waals surface area (Å²) in [5.74, 6) is 1.20. The number of sulfonamides is 1. The molecule has 1 fully saturated rings. The Morgan fingerprint density at radius 2 is 2.17 bits per heavy atom. The van der Waals surface area contributed by atoms with Gasteiger partial charge in [0.05, 0.1) is 11.9 Å². The van der Waals surface area contributed by atoms with E-state index < -0.39 is 10.0 Å². The molecule has 2 aliphatic rings. The van der Waals surface area contributed by atoms with E-state index in [1.807, 2.05) is 10.6 Å². The first-order valence-corrected chi connectivity index (χ1v) is 12.2. The van der Waals surface area contributed by atoms with Crippen LogP contribution in [0.2, 0.25) is 0 Å². The van der Waals surface area contributed by atoms with Crippen molar-refractivity contribution in [2.45, 2.75) is 48.0 Å². The fraction of sp³-hybridized carbons (Fsp3) is 0.421. The van der Waals surface area contributed by atoms with Crippen molar-refractivity contribution in [2.24, 2.45) is 0 Å². The number of aromatic nitrogens is 4. The molecule has 0 radical (unpaired) electrons. The zero-order valence-electron chi connectivity index (χ0n) is 16.5. The lowest BCUT2D eigenvalue weighted by atomic mass is 10.1. The predicted octanol–water partition coefficient (Wildman–Crippen LogP) is 1.88. The number of rotatable bonds is 7. The molecule has 1 aromatic carbocycles. The first kappa shape index (κ1) is 19.6. The largest absolute Gasteiger partial charge is 0.493 e. The van der Waals surface area contributed by atoms with Crippen LogP contribution in [0.1, 0.15) is 24.0 Å². The topological polar surface area (TPSA) is 125 Å². The van der Waals surface area contributed by atoms with Crippen molar-refractivity contribution >= 4 is 38.8 Å². The van der Waals surface area contributed by atoms with Gasteiger partial charge in [0.1, 0.15) is 12.1 Å². The molecule has 0 atom stereocenters. The summed E-state index contributed by atoms with van der Waals surface area (Å²) in [4.78, 5) is 14.1. The second kappa shape index (κ2) is 7.40. The Hall–Kier alpha value is -2.37. The zero-order valence-corrected chi connectivity index (χ0v) is 18.1. The van der Waals surface area contributed by atoms with Crippen molar-refractivity contribution in [1.82, 2.24) is 24.2 Å². The van der Waals surface area contributed by atoms with Crippen LogP contribution in [-0.2, 0) is 23.0 Å². The number of hydrogen-bond donors (Lipinski definition) is 2. The summed E-state index contributed by atoms with van der Waals surface area (Å²) >= 11 is 1.49. The molecule has 2 aromatic heterocycles. The van der Waals surface area contributed by atoms with Crippen molar-refractivity contribution in [3.8, 4) is 5.75 Å². The third-order valence-corrected chi connectivity index (χ3v) is 8.42. The molecular weight excluding hydrogens is 424 g/mol. The number of nitrogens with one attached hydrogen (secondary N) is 1. The highest BCUT2D eigenvalue weighted by atomic mass is 32.2. The van der Waals surface area contributed by atoms with Gasteiger partial charge in [0.25, 0.3) is 0 Å². The lowest BCUT2D eigenvalue weighted by molar-refractivity contribution is 0.356. The first-order chi connectivity index (χ1) is 14.4. The van der Waals surface area contributed by atoms with Gasteiger partial charge in [-0.15, -0.1) is 0 Å². The second-order valence-electron chi connectivity index (χ2n) is 7.54. The van der Waals surface area contributed by atoms with E-state index >= 15 is 0 Å². The van der Waals surface area contributed by atoms with Crippen molar-refractivity contribution in [3.05, 3.63) is 29.6 Å². The van der Waals surface area contributed by atoms with Gasteiger partial charge >= 0.3 is 0 Å². The van der Waals surface area contributed by atoms with Crippen LogP contribution in [0.5, 0.6) is 5.75 Å². The molecule has 1 aliphatic carbocycles. The number of nitrogen functional groups attached to an aromatic ring is 1. The number of aryl methyl sites for hydroxylation is 1. The van der Waals surface area contributed by atoms with Gasteiger partial charge in [-0.3, -0.25) is 0 Å². The number of nitrogens with two attached hydrogens (primary N) is 1. The molecule has 11 heteroatoms. The first-order valence-electron chi connectivity index (χ1n) is 9.82. The summed E-state index contributed by atoms with van der Waals surface area (Å²) in [6, 6.07) is 4.19. The highest BCUT2D eigenvalue weighted by molar-refractivity contribution is 7.99. The monoisotopic (exact) mass is 446 g/mol. The molecule has 3 N–H and O–H groups in total. The Balaban J connectivity index is 1.47. The van der Waals surface area contributed by atoms with Crippen LogP contribution in [0.3, 0.4) is 0 Å². The third kappa shape index (κ3) is 3.61.